The summed E-state index contributed by atoms with van der Waals surface area (Å²) in [6, 6.07) is 12.2. The number of carbonyl (C=O) groups is 1. The lowest BCUT2D eigenvalue weighted by Crippen LogP contribution is -2.36. The van der Waals surface area contributed by atoms with Gasteiger partial charge in [-0.25, -0.2) is 0 Å². The van der Waals surface area contributed by atoms with Crippen LogP contribution in [0.15, 0.2) is 48.5 Å². The van der Waals surface area contributed by atoms with Gasteiger partial charge < -0.3 is 10.1 Å². The van der Waals surface area contributed by atoms with Gasteiger partial charge in [0.1, 0.15) is 0 Å². The van der Waals surface area contributed by atoms with Gasteiger partial charge in [0.2, 0.25) is 0 Å². The molecule has 0 aromatic heterocycles. The predicted molar refractivity (Wildman–Crippen MR) is 94.0 cm³/mol. The number of ether oxygens (including phenoxy) is 1. The maximum atomic E-state index is 12.9. The Bertz CT molecular complexity index is 770. The molecule has 3 nitrogen and oxygen atoms in total. The first-order valence-electron chi connectivity index (χ1n) is 8.17. The van der Waals surface area contributed by atoms with Crippen molar-refractivity contribution in [3.8, 4) is 0 Å². The zero-order valence-electron chi connectivity index (χ0n) is 15.0. The van der Waals surface area contributed by atoms with Crippen molar-refractivity contribution in [1.29, 1.82) is 0 Å². The van der Waals surface area contributed by atoms with Gasteiger partial charge in [-0.3, -0.25) is 4.79 Å². The molecular weight excluding hydrogens is 343 g/mol. The van der Waals surface area contributed by atoms with E-state index in [9.17, 15) is 18.0 Å². The van der Waals surface area contributed by atoms with Gasteiger partial charge in [-0.1, -0.05) is 44.2 Å². The summed E-state index contributed by atoms with van der Waals surface area (Å²) in [5.41, 5.74) is 0.528. The van der Waals surface area contributed by atoms with Crippen molar-refractivity contribution in [3.63, 3.8) is 0 Å². The van der Waals surface area contributed by atoms with Gasteiger partial charge in [0.05, 0.1) is 12.2 Å². The Morgan fingerprint density at radius 2 is 1.69 bits per heavy atom. The minimum atomic E-state index is -4.39. The third-order valence-electron chi connectivity index (χ3n) is 4.16. The summed E-state index contributed by atoms with van der Waals surface area (Å²) < 4.78 is 43.8. The molecule has 2 aromatic rings. The largest absolute Gasteiger partial charge is 0.416 e. The smallest absolute Gasteiger partial charge is 0.380 e. The summed E-state index contributed by atoms with van der Waals surface area (Å²) in [5, 5.41) is 2.80. The Morgan fingerprint density at radius 3 is 2.35 bits per heavy atom. The Balaban J connectivity index is 2.10. The molecule has 1 amide bonds. The van der Waals surface area contributed by atoms with E-state index in [0.717, 1.165) is 17.7 Å². The molecule has 0 radical (unpaired) electrons. The van der Waals surface area contributed by atoms with Crippen molar-refractivity contribution in [2.24, 2.45) is 0 Å². The van der Waals surface area contributed by atoms with Gasteiger partial charge in [-0.05, 0) is 29.3 Å². The van der Waals surface area contributed by atoms with Crippen molar-refractivity contribution in [3.05, 3.63) is 70.8 Å². The highest BCUT2D eigenvalue weighted by Gasteiger charge is 2.32. The summed E-state index contributed by atoms with van der Waals surface area (Å²) in [6.07, 6.45) is -4.39. The third kappa shape index (κ3) is 5.08. The number of carbonyl (C=O) groups excluding carboxylic acids is 1. The Labute approximate surface area is 151 Å². The van der Waals surface area contributed by atoms with Crippen LogP contribution in [0.25, 0.3) is 0 Å². The molecule has 0 saturated heterocycles. The van der Waals surface area contributed by atoms with Crippen LogP contribution in [0, 0.1) is 0 Å². The van der Waals surface area contributed by atoms with Crippen molar-refractivity contribution in [2.75, 3.05) is 13.7 Å². The van der Waals surface area contributed by atoms with Crippen molar-refractivity contribution in [2.45, 2.75) is 32.0 Å². The predicted octanol–water partition coefficient (Wildman–Crippen LogP) is 4.56. The van der Waals surface area contributed by atoms with E-state index in [-0.39, 0.29) is 12.5 Å². The van der Waals surface area contributed by atoms with Gasteiger partial charge in [0.15, 0.2) is 0 Å². The van der Waals surface area contributed by atoms with Crippen LogP contribution in [-0.4, -0.2) is 19.6 Å². The molecule has 0 spiro atoms. The van der Waals surface area contributed by atoms with Crippen molar-refractivity contribution in [1.82, 2.24) is 5.32 Å². The molecule has 1 N–H and O–H groups in total. The first-order valence-corrected chi connectivity index (χ1v) is 8.17. The second-order valence-corrected chi connectivity index (χ2v) is 6.78. The third-order valence-corrected chi connectivity index (χ3v) is 4.16. The SMILES string of the molecule is COCc1cccc(C(=O)NCC(C)(C)c2cccc(C(F)(F)F)c2)c1. The van der Waals surface area contributed by atoms with E-state index in [2.05, 4.69) is 5.32 Å². The molecule has 6 heteroatoms. The van der Waals surface area contributed by atoms with Gasteiger partial charge in [0, 0.05) is 24.6 Å². The minimum Gasteiger partial charge on any atom is -0.380 e. The summed E-state index contributed by atoms with van der Waals surface area (Å²) >= 11 is 0. The molecule has 0 fully saturated rings. The number of alkyl halides is 3. The fraction of sp³-hybridized carbons (Fsp3) is 0.350. The number of rotatable bonds is 6. The number of hydrogen-bond donors (Lipinski definition) is 1. The molecule has 0 aliphatic heterocycles. The summed E-state index contributed by atoms with van der Waals surface area (Å²) in [6.45, 7) is 4.20. The molecule has 26 heavy (non-hydrogen) atoms. The standard InChI is InChI=1S/C20H22F3NO2/c1-19(2,16-8-5-9-17(11-16)20(21,22)23)13-24-18(25)15-7-4-6-14(10-15)12-26-3/h4-11H,12-13H2,1-3H3,(H,24,25). The fourth-order valence-electron chi connectivity index (χ4n) is 2.59. The number of nitrogens with one attached hydrogen (secondary N) is 1. The van der Waals surface area contributed by atoms with Crippen molar-refractivity contribution >= 4 is 5.91 Å². The van der Waals surface area contributed by atoms with E-state index in [0.29, 0.717) is 17.7 Å². The van der Waals surface area contributed by atoms with E-state index in [1.165, 1.54) is 6.07 Å². The minimum absolute atomic E-state index is 0.210. The molecule has 0 atom stereocenters. The Hall–Kier alpha value is -2.34. The van der Waals surface area contributed by atoms with E-state index in [1.807, 2.05) is 6.07 Å². The summed E-state index contributed by atoms with van der Waals surface area (Å²) in [4.78, 5) is 12.4. The molecular formula is C20H22F3NO2. The molecule has 0 bridgehead atoms. The highest BCUT2D eigenvalue weighted by atomic mass is 19.4. The summed E-state index contributed by atoms with van der Waals surface area (Å²) in [7, 11) is 1.57. The van der Waals surface area contributed by atoms with Crippen LogP contribution in [0.4, 0.5) is 13.2 Å². The van der Waals surface area contributed by atoms with Crippen LogP contribution >= 0.6 is 0 Å². The maximum absolute atomic E-state index is 12.9. The van der Waals surface area contributed by atoms with E-state index in [1.54, 1.807) is 45.2 Å². The monoisotopic (exact) mass is 365 g/mol. The van der Waals surface area contributed by atoms with E-state index < -0.39 is 17.2 Å². The second kappa shape index (κ2) is 7.91. The number of benzene rings is 2. The average molecular weight is 365 g/mol. The number of amides is 1. The lowest BCUT2D eigenvalue weighted by Gasteiger charge is -2.26. The quantitative estimate of drug-likeness (QED) is 0.815. The average Bonchev–Trinajstić information content (AvgIpc) is 2.60. The van der Waals surface area contributed by atoms with Crippen molar-refractivity contribution < 1.29 is 22.7 Å². The fourth-order valence-corrected chi connectivity index (χ4v) is 2.59. The van der Waals surface area contributed by atoms with Gasteiger partial charge in [-0.15, -0.1) is 0 Å². The van der Waals surface area contributed by atoms with Gasteiger partial charge in [-0.2, -0.15) is 13.2 Å². The second-order valence-electron chi connectivity index (χ2n) is 6.78. The van der Waals surface area contributed by atoms with Crippen LogP contribution in [0.2, 0.25) is 0 Å². The van der Waals surface area contributed by atoms with Crippen LogP contribution in [-0.2, 0) is 22.9 Å². The van der Waals surface area contributed by atoms with Crippen LogP contribution in [0.1, 0.15) is 40.9 Å². The molecule has 0 heterocycles. The zero-order valence-corrected chi connectivity index (χ0v) is 15.0. The number of halogens is 3. The first kappa shape index (κ1) is 20.0. The summed E-state index contributed by atoms with van der Waals surface area (Å²) in [5.74, 6) is -0.275. The molecule has 2 aromatic carbocycles. The van der Waals surface area contributed by atoms with Crippen LogP contribution in [0.3, 0.4) is 0 Å². The highest BCUT2D eigenvalue weighted by Crippen LogP contribution is 2.32. The molecule has 2 rings (SSSR count). The molecule has 0 aliphatic carbocycles. The number of methoxy groups -OCH3 is 1. The van der Waals surface area contributed by atoms with Crippen LogP contribution in [0.5, 0.6) is 0 Å². The molecule has 140 valence electrons. The lowest BCUT2D eigenvalue weighted by atomic mass is 9.83. The molecule has 0 unspecified atom stereocenters. The Kier molecular flexibility index (Phi) is 6.08. The molecule has 0 aliphatic rings. The Morgan fingerprint density at radius 1 is 1.04 bits per heavy atom. The normalized spacial score (nSPS) is 12.1. The van der Waals surface area contributed by atoms with E-state index >= 15 is 0 Å². The topological polar surface area (TPSA) is 38.3 Å². The van der Waals surface area contributed by atoms with E-state index in [4.69, 9.17) is 4.74 Å². The first-order chi connectivity index (χ1) is 12.1. The van der Waals surface area contributed by atoms with Gasteiger partial charge >= 0.3 is 6.18 Å². The number of hydrogen-bond acceptors (Lipinski definition) is 2. The maximum Gasteiger partial charge on any atom is 0.416 e. The van der Waals surface area contributed by atoms with Gasteiger partial charge in [0.25, 0.3) is 5.91 Å². The highest BCUT2D eigenvalue weighted by molar-refractivity contribution is 5.94. The molecule has 0 saturated carbocycles. The lowest BCUT2D eigenvalue weighted by molar-refractivity contribution is -0.137. The zero-order chi connectivity index (χ0) is 19.4. The van der Waals surface area contributed by atoms with Crippen LogP contribution < -0.4 is 5.32 Å².